The maximum atomic E-state index is 13.3. The molecule has 0 saturated carbocycles. The first-order chi connectivity index (χ1) is 9.36. The predicted octanol–water partition coefficient (Wildman–Crippen LogP) is 2.29. The Kier molecular flexibility index (Phi) is 6.38. The summed E-state index contributed by atoms with van der Waals surface area (Å²) in [5.41, 5.74) is -0.801. The summed E-state index contributed by atoms with van der Waals surface area (Å²) < 4.78 is 55.9. The van der Waals surface area contributed by atoms with E-state index in [1.165, 1.54) is 7.11 Å². The average molecular weight is 295 g/mol. The quantitative estimate of drug-likeness (QED) is 0.783. The van der Waals surface area contributed by atoms with E-state index in [1.807, 2.05) is 0 Å². The van der Waals surface area contributed by atoms with Gasteiger partial charge in [0.2, 0.25) is 0 Å². The molecule has 0 heterocycles. The molecule has 0 fully saturated rings. The van der Waals surface area contributed by atoms with Crippen LogP contribution in [0.2, 0.25) is 0 Å². The van der Waals surface area contributed by atoms with Crippen LogP contribution in [0.5, 0.6) is 0 Å². The average Bonchev–Trinajstić information content (AvgIpc) is 2.34. The third-order valence-corrected chi connectivity index (χ3v) is 2.72. The third kappa shape index (κ3) is 5.44. The molecule has 0 amide bonds. The Morgan fingerprint density at radius 1 is 1.20 bits per heavy atom. The van der Waals surface area contributed by atoms with Gasteiger partial charge < -0.3 is 9.84 Å². The largest absolute Gasteiger partial charge is 0.416 e. The lowest BCUT2D eigenvalue weighted by molar-refractivity contribution is -0.137. The van der Waals surface area contributed by atoms with E-state index in [0.717, 1.165) is 12.1 Å². The minimum atomic E-state index is -4.58. The third-order valence-electron chi connectivity index (χ3n) is 2.72. The fourth-order valence-corrected chi connectivity index (χ4v) is 1.80. The van der Waals surface area contributed by atoms with Gasteiger partial charge >= 0.3 is 6.18 Å². The van der Waals surface area contributed by atoms with E-state index in [4.69, 9.17) is 9.84 Å². The number of nitrogens with zero attached hydrogens (tertiary/aromatic N) is 1. The number of rotatable bonds is 7. The van der Waals surface area contributed by atoms with E-state index in [2.05, 4.69) is 0 Å². The molecule has 1 rings (SSSR count). The van der Waals surface area contributed by atoms with Crippen LogP contribution in [-0.4, -0.2) is 43.4 Å². The second-order valence-electron chi connectivity index (χ2n) is 4.34. The second kappa shape index (κ2) is 7.56. The Bertz CT molecular complexity index is 423. The van der Waals surface area contributed by atoms with Crippen LogP contribution >= 0.6 is 0 Å². The van der Waals surface area contributed by atoms with Crippen molar-refractivity contribution < 1.29 is 27.4 Å². The molecule has 0 unspecified atom stereocenters. The van der Waals surface area contributed by atoms with Gasteiger partial charge in [-0.3, -0.25) is 4.90 Å². The zero-order valence-corrected chi connectivity index (χ0v) is 11.1. The molecular weight excluding hydrogens is 278 g/mol. The van der Waals surface area contributed by atoms with Gasteiger partial charge in [0, 0.05) is 26.7 Å². The lowest BCUT2D eigenvalue weighted by Crippen LogP contribution is -2.30. The van der Waals surface area contributed by atoms with E-state index in [0.29, 0.717) is 19.2 Å². The van der Waals surface area contributed by atoms with Crippen LogP contribution in [0.1, 0.15) is 11.1 Å². The summed E-state index contributed by atoms with van der Waals surface area (Å²) in [5.74, 6) is -0.925. The normalized spacial score (nSPS) is 12.2. The molecule has 1 N–H and O–H groups in total. The summed E-state index contributed by atoms with van der Waals surface area (Å²) >= 11 is 0. The lowest BCUT2D eigenvalue weighted by atomic mass is 10.1. The Hall–Kier alpha value is -1.18. The highest BCUT2D eigenvalue weighted by Gasteiger charge is 2.31. The molecule has 20 heavy (non-hydrogen) atoms. The van der Waals surface area contributed by atoms with Crippen molar-refractivity contribution in [2.75, 3.05) is 33.4 Å². The molecule has 0 spiro atoms. The Labute approximate surface area is 114 Å². The van der Waals surface area contributed by atoms with Crippen LogP contribution in [0.15, 0.2) is 18.2 Å². The van der Waals surface area contributed by atoms with Crippen LogP contribution in [0.3, 0.4) is 0 Å². The molecule has 1 aromatic rings. The molecule has 1 aromatic carbocycles. The van der Waals surface area contributed by atoms with Crippen molar-refractivity contribution in [1.29, 1.82) is 0 Å². The van der Waals surface area contributed by atoms with Crippen molar-refractivity contribution >= 4 is 0 Å². The van der Waals surface area contributed by atoms with Crippen molar-refractivity contribution in [1.82, 2.24) is 4.90 Å². The first-order valence-corrected chi connectivity index (χ1v) is 6.05. The number of methoxy groups -OCH3 is 1. The number of alkyl halides is 3. The summed E-state index contributed by atoms with van der Waals surface area (Å²) in [6.45, 7) is 1.08. The number of hydrogen-bond acceptors (Lipinski definition) is 3. The van der Waals surface area contributed by atoms with Crippen molar-refractivity contribution in [3.05, 3.63) is 35.1 Å². The minimum absolute atomic E-state index is 0.116. The standard InChI is InChI=1S/C13H17F4NO2/c1-20-5-3-18(2-4-19)9-10-6-11(13(15,16)17)8-12(14)7-10/h6-8,19H,2-5,9H2,1H3. The lowest BCUT2D eigenvalue weighted by Gasteiger charge is -2.21. The summed E-state index contributed by atoms with van der Waals surface area (Å²) in [6.07, 6.45) is -4.58. The highest BCUT2D eigenvalue weighted by molar-refractivity contribution is 5.26. The number of hydrogen-bond donors (Lipinski definition) is 1. The molecule has 3 nitrogen and oxygen atoms in total. The van der Waals surface area contributed by atoms with E-state index in [1.54, 1.807) is 4.90 Å². The van der Waals surface area contributed by atoms with Crippen molar-refractivity contribution in [2.24, 2.45) is 0 Å². The van der Waals surface area contributed by atoms with Crippen molar-refractivity contribution in [3.8, 4) is 0 Å². The number of ether oxygens (including phenoxy) is 1. The van der Waals surface area contributed by atoms with Gasteiger partial charge in [-0.2, -0.15) is 13.2 Å². The van der Waals surface area contributed by atoms with Crippen LogP contribution in [0.25, 0.3) is 0 Å². The molecule has 0 bridgehead atoms. The van der Waals surface area contributed by atoms with E-state index in [9.17, 15) is 17.6 Å². The van der Waals surface area contributed by atoms with E-state index >= 15 is 0 Å². The molecule has 0 aromatic heterocycles. The summed E-state index contributed by atoms with van der Waals surface area (Å²) in [7, 11) is 1.50. The van der Waals surface area contributed by atoms with E-state index in [-0.39, 0.29) is 25.3 Å². The van der Waals surface area contributed by atoms with Gasteiger partial charge in [0.05, 0.1) is 18.8 Å². The molecule has 0 saturated heterocycles. The number of halogens is 4. The van der Waals surface area contributed by atoms with Gasteiger partial charge in [-0.25, -0.2) is 4.39 Å². The van der Waals surface area contributed by atoms with Crippen LogP contribution in [0.4, 0.5) is 17.6 Å². The monoisotopic (exact) mass is 295 g/mol. The van der Waals surface area contributed by atoms with Crippen LogP contribution in [0, 0.1) is 5.82 Å². The van der Waals surface area contributed by atoms with Crippen LogP contribution < -0.4 is 0 Å². The molecule has 0 radical (unpaired) electrons. The molecule has 0 atom stereocenters. The number of aliphatic hydroxyl groups excluding tert-OH is 1. The summed E-state index contributed by atoms with van der Waals surface area (Å²) in [4.78, 5) is 1.69. The van der Waals surface area contributed by atoms with Gasteiger partial charge in [-0.05, 0) is 23.8 Å². The fraction of sp³-hybridized carbons (Fsp3) is 0.538. The highest BCUT2D eigenvalue weighted by Crippen LogP contribution is 2.30. The van der Waals surface area contributed by atoms with Gasteiger partial charge in [0.1, 0.15) is 5.82 Å². The zero-order chi connectivity index (χ0) is 15.2. The number of benzene rings is 1. The first-order valence-electron chi connectivity index (χ1n) is 6.05. The molecule has 0 aliphatic heterocycles. The second-order valence-corrected chi connectivity index (χ2v) is 4.34. The van der Waals surface area contributed by atoms with Crippen molar-refractivity contribution in [2.45, 2.75) is 12.7 Å². The first kappa shape index (κ1) is 16.9. The molecule has 0 aliphatic carbocycles. The van der Waals surface area contributed by atoms with Gasteiger partial charge in [-0.15, -0.1) is 0 Å². The Morgan fingerprint density at radius 2 is 1.90 bits per heavy atom. The molecule has 7 heteroatoms. The van der Waals surface area contributed by atoms with E-state index < -0.39 is 17.6 Å². The number of aliphatic hydroxyl groups is 1. The SMILES string of the molecule is COCCN(CCO)Cc1cc(F)cc(C(F)(F)F)c1. The molecule has 114 valence electrons. The molecule has 0 aliphatic rings. The van der Waals surface area contributed by atoms with Gasteiger partial charge in [0.15, 0.2) is 0 Å². The van der Waals surface area contributed by atoms with Gasteiger partial charge in [-0.1, -0.05) is 0 Å². The predicted molar refractivity (Wildman–Crippen MR) is 65.6 cm³/mol. The Morgan fingerprint density at radius 3 is 2.45 bits per heavy atom. The smallest absolute Gasteiger partial charge is 0.395 e. The Balaban J connectivity index is 2.86. The van der Waals surface area contributed by atoms with Crippen molar-refractivity contribution in [3.63, 3.8) is 0 Å². The molecular formula is C13H17F4NO2. The highest BCUT2D eigenvalue weighted by atomic mass is 19.4. The summed E-state index contributed by atoms with van der Waals surface area (Å²) in [5, 5.41) is 8.92. The van der Waals surface area contributed by atoms with Gasteiger partial charge in [0.25, 0.3) is 0 Å². The minimum Gasteiger partial charge on any atom is -0.395 e. The maximum absolute atomic E-state index is 13.3. The zero-order valence-electron chi connectivity index (χ0n) is 11.1. The summed E-state index contributed by atoms with van der Waals surface area (Å²) in [6, 6.07) is 2.45. The topological polar surface area (TPSA) is 32.7 Å². The fourth-order valence-electron chi connectivity index (χ4n) is 1.80. The maximum Gasteiger partial charge on any atom is 0.416 e. The van der Waals surface area contributed by atoms with Crippen LogP contribution in [-0.2, 0) is 17.5 Å².